The largest absolute Gasteiger partial charge is 0.310 e. The van der Waals surface area contributed by atoms with E-state index in [0.717, 1.165) is 17.1 Å². The maximum Gasteiger partial charge on any atom is 0.0720 e. The summed E-state index contributed by atoms with van der Waals surface area (Å²) in [6.07, 6.45) is 0. The van der Waals surface area contributed by atoms with Crippen molar-refractivity contribution in [3.05, 3.63) is 258 Å². The van der Waals surface area contributed by atoms with Crippen LogP contribution >= 0.6 is 0 Å². The number of fused-ring (bicyclic) bond motifs is 12. The summed E-state index contributed by atoms with van der Waals surface area (Å²) in [7, 11) is 0. The van der Waals surface area contributed by atoms with Gasteiger partial charge in [0, 0.05) is 22.5 Å². The molecule has 0 heterocycles. The number of anilines is 3. The maximum absolute atomic E-state index is 2.50. The number of hydrogen-bond donors (Lipinski definition) is 0. The molecule has 61 heavy (non-hydrogen) atoms. The second-order valence-corrected chi connectivity index (χ2v) is 17.2. The summed E-state index contributed by atoms with van der Waals surface area (Å²) in [6, 6.07) is 83.5. The first-order chi connectivity index (χ1) is 30.0. The van der Waals surface area contributed by atoms with Gasteiger partial charge < -0.3 is 4.90 Å². The fraction of sp³-hybridized carbons (Fsp3) is 0.0667. The van der Waals surface area contributed by atoms with Gasteiger partial charge in [-0.25, -0.2) is 0 Å². The van der Waals surface area contributed by atoms with Crippen molar-refractivity contribution in [2.24, 2.45) is 0 Å². The average Bonchev–Trinajstić information content (AvgIpc) is 3.62. The second-order valence-electron chi connectivity index (χ2n) is 17.2. The molecule has 10 aromatic carbocycles. The molecule has 2 aliphatic rings. The van der Waals surface area contributed by atoms with E-state index in [1.807, 2.05) is 0 Å². The Morgan fingerprint density at radius 3 is 1.51 bits per heavy atom. The molecule has 288 valence electrons. The Labute approximate surface area is 357 Å². The van der Waals surface area contributed by atoms with Crippen LogP contribution < -0.4 is 4.90 Å². The van der Waals surface area contributed by atoms with E-state index in [0.29, 0.717) is 0 Å². The molecule has 0 amide bonds. The number of rotatable bonds is 5. The lowest BCUT2D eigenvalue weighted by Crippen LogP contribution is -2.40. The average molecular weight is 778 g/mol. The summed E-state index contributed by atoms with van der Waals surface area (Å²) in [6.45, 7) is 4.78. The molecule has 0 aliphatic heterocycles. The zero-order valence-electron chi connectivity index (χ0n) is 34.3. The lowest BCUT2D eigenvalue weighted by atomic mass is 9.55. The molecule has 0 unspecified atom stereocenters. The topological polar surface area (TPSA) is 3.24 Å². The highest BCUT2D eigenvalue weighted by molar-refractivity contribution is 6.12. The standard InChI is InChI=1S/C60H43N/c1-59(2)54-23-10-12-25-56(54)60(57-26-13-11-24-55(57)59)53-22-9-8-19-51(53)52-38-36-46(39-58(52)60)61(44-32-27-41(28-33-44)40-15-4-3-5-16-40)45-34-29-43(30-35-45)48-20-14-21-49-47-18-7-6-17-42(47)31-37-50(48)49/h3-39H,1-2H3. The highest BCUT2D eigenvalue weighted by Crippen LogP contribution is 2.62. The minimum Gasteiger partial charge on any atom is -0.310 e. The zero-order chi connectivity index (χ0) is 40.7. The van der Waals surface area contributed by atoms with Gasteiger partial charge in [0.15, 0.2) is 0 Å². The molecule has 0 saturated carbocycles. The first kappa shape index (κ1) is 35.5. The number of benzene rings is 10. The Morgan fingerprint density at radius 2 is 0.803 bits per heavy atom. The van der Waals surface area contributed by atoms with Crippen molar-refractivity contribution in [1.29, 1.82) is 0 Å². The van der Waals surface area contributed by atoms with Crippen LogP contribution in [0.4, 0.5) is 17.1 Å². The van der Waals surface area contributed by atoms with Gasteiger partial charge in [0.25, 0.3) is 0 Å². The van der Waals surface area contributed by atoms with Crippen molar-refractivity contribution >= 4 is 38.6 Å². The fourth-order valence-corrected chi connectivity index (χ4v) is 11.0. The van der Waals surface area contributed by atoms with Gasteiger partial charge >= 0.3 is 0 Å². The summed E-state index contributed by atoms with van der Waals surface area (Å²) in [5.41, 5.74) is 18.3. The van der Waals surface area contributed by atoms with Crippen LogP contribution in [0.15, 0.2) is 224 Å². The van der Waals surface area contributed by atoms with Gasteiger partial charge in [-0.15, -0.1) is 0 Å². The third-order valence-corrected chi connectivity index (χ3v) is 13.8. The lowest BCUT2D eigenvalue weighted by molar-refractivity contribution is 0.563. The minimum atomic E-state index is -0.476. The molecule has 0 bridgehead atoms. The Bertz CT molecular complexity index is 3270. The third-order valence-electron chi connectivity index (χ3n) is 13.8. The second kappa shape index (κ2) is 13.5. The van der Waals surface area contributed by atoms with Crippen LogP contribution in [0.2, 0.25) is 0 Å². The molecule has 0 aromatic heterocycles. The van der Waals surface area contributed by atoms with Crippen LogP contribution in [0.25, 0.3) is 54.9 Å². The predicted octanol–water partition coefficient (Wildman–Crippen LogP) is 15.8. The van der Waals surface area contributed by atoms with Gasteiger partial charge in [0.2, 0.25) is 0 Å². The molecule has 1 heteroatoms. The van der Waals surface area contributed by atoms with E-state index < -0.39 is 5.41 Å². The van der Waals surface area contributed by atoms with Crippen LogP contribution in [0.5, 0.6) is 0 Å². The normalized spacial score (nSPS) is 14.0. The maximum atomic E-state index is 2.50. The molecule has 0 fully saturated rings. The van der Waals surface area contributed by atoms with Crippen LogP contribution in [0, 0.1) is 0 Å². The molecule has 1 spiro atoms. The smallest absolute Gasteiger partial charge is 0.0720 e. The van der Waals surface area contributed by atoms with E-state index >= 15 is 0 Å². The van der Waals surface area contributed by atoms with E-state index in [-0.39, 0.29) is 5.41 Å². The molecule has 0 N–H and O–H groups in total. The third kappa shape index (κ3) is 5.20. The van der Waals surface area contributed by atoms with Crippen LogP contribution in [-0.2, 0) is 10.8 Å². The zero-order valence-corrected chi connectivity index (χ0v) is 34.3. The van der Waals surface area contributed by atoms with E-state index in [4.69, 9.17) is 0 Å². The summed E-state index contributed by atoms with van der Waals surface area (Å²) in [5, 5.41) is 5.09. The first-order valence-corrected chi connectivity index (χ1v) is 21.4. The van der Waals surface area contributed by atoms with E-state index in [1.165, 1.54) is 88.3 Å². The Morgan fingerprint density at radius 1 is 0.295 bits per heavy atom. The Kier molecular flexibility index (Phi) is 7.86. The lowest BCUT2D eigenvalue weighted by Gasteiger charge is -2.46. The molecule has 2 aliphatic carbocycles. The van der Waals surface area contributed by atoms with Crippen molar-refractivity contribution in [2.75, 3.05) is 4.90 Å². The molecular formula is C60H43N. The highest BCUT2D eigenvalue weighted by atomic mass is 15.1. The number of hydrogen-bond acceptors (Lipinski definition) is 1. The van der Waals surface area contributed by atoms with Crippen molar-refractivity contribution in [3.8, 4) is 33.4 Å². The SMILES string of the molecule is CC1(C)c2ccccc2C2(c3ccccc3-c3ccc(N(c4ccc(-c5ccccc5)cc4)c4ccc(-c5cccc6c5ccc5ccccc56)cc4)cc32)c2ccccc21. The van der Waals surface area contributed by atoms with Gasteiger partial charge in [-0.2, -0.15) is 0 Å². The Balaban J connectivity index is 1.06. The Hall–Kier alpha value is -7.48. The molecule has 0 atom stereocenters. The molecule has 0 saturated heterocycles. The minimum absolute atomic E-state index is 0.154. The first-order valence-electron chi connectivity index (χ1n) is 21.4. The molecule has 12 rings (SSSR count). The molecule has 0 radical (unpaired) electrons. The van der Waals surface area contributed by atoms with Gasteiger partial charge in [0.1, 0.15) is 0 Å². The van der Waals surface area contributed by atoms with Crippen molar-refractivity contribution < 1.29 is 0 Å². The van der Waals surface area contributed by atoms with Gasteiger partial charge in [0.05, 0.1) is 5.41 Å². The van der Waals surface area contributed by atoms with E-state index in [9.17, 15) is 0 Å². The summed E-state index contributed by atoms with van der Waals surface area (Å²) in [5.74, 6) is 0. The van der Waals surface area contributed by atoms with E-state index in [1.54, 1.807) is 0 Å². The monoisotopic (exact) mass is 777 g/mol. The van der Waals surface area contributed by atoms with Gasteiger partial charge in [-0.3, -0.25) is 0 Å². The van der Waals surface area contributed by atoms with Crippen LogP contribution in [-0.4, -0.2) is 0 Å². The summed E-state index contributed by atoms with van der Waals surface area (Å²) in [4.78, 5) is 2.44. The summed E-state index contributed by atoms with van der Waals surface area (Å²) < 4.78 is 0. The molecule has 1 nitrogen and oxygen atoms in total. The number of nitrogens with zero attached hydrogens (tertiary/aromatic N) is 1. The van der Waals surface area contributed by atoms with Crippen LogP contribution in [0.3, 0.4) is 0 Å². The van der Waals surface area contributed by atoms with Crippen molar-refractivity contribution in [1.82, 2.24) is 0 Å². The van der Waals surface area contributed by atoms with Crippen LogP contribution in [0.1, 0.15) is 47.2 Å². The molecular weight excluding hydrogens is 735 g/mol. The molecule has 10 aromatic rings. The fourth-order valence-electron chi connectivity index (χ4n) is 11.0. The predicted molar refractivity (Wildman–Crippen MR) is 256 cm³/mol. The highest BCUT2D eigenvalue weighted by Gasteiger charge is 2.53. The summed E-state index contributed by atoms with van der Waals surface area (Å²) >= 11 is 0. The van der Waals surface area contributed by atoms with Gasteiger partial charge in [-0.1, -0.05) is 202 Å². The quantitative estimate of drug-likeness (QED) is 0.157. The van der Waals surface area contributed by atoms with E-state index in [2.05, 4.69) is 243 Å². The van der Waals surface area contributed by atoms with Crippen molar-refractivity contribution in [3.63, 3.8) is 0 Å². The van der Waals surface area contributed by atoms with Gasteiger partial charge in [-0.05, 0) is 125 Å². The van der Waals surface area contributed by atoms with Crippen molar-refractivity contribution in [2.45, 2.75) is 24.7 Å².